The summed E-state index contributed by atoms with van der Waals surface area (Å²) in [4.78, 5) is 4.36. The van der Waals surface area contributed by atoms with E-state index in [4.69, 9.17) is 5.73 Å². The molecule has 0 amide bonds. The minimum atomic E-state index is -3.47. The lowest BCUT2D eigenvalue weighted by Gasteiger charge is -2.06. The molecule has 2 aromatic rings. The van der Waals surface area contributed by atoms with E-state index in [1.165, 1.54) is 6.20 Å². The van der Waals surface area contributed by atoms with Crippen LogP contribution in [0.4, 0.5) is 0 Å². The zero-order valence-electron chi connectivity index (χ0n) is 9.96. The Balaban J connectivity index is 2.54. The average molecular weight is 282 g/mol. The minimum absolute atomic E-state index is 0.254. The molecular weight excluding hydrogens is 268 g/mol. The summed E-state index contributed by atoms with van der Waals surface area (Å²) in [6, 6.07) is 7.04. The molecule has 6 heteroatoms. The highest BCUT2D eigenvalue weighted by molar-refractivity contribution is 7.93. The maximum atomic E-state index is 12.5. The van der Waals surface area contributed by atoms with Gasteiger partial charge in [-0.2, -0.15) is 0 Å². The highest BCUT2D eigenvalue weighted by Gasteiger charge is 2.22. The number of benzene rings is 1. The monoisotopic (exact) mass is 282 g/mol. The Hall–Kier alpha value is -1.24. The van der Waals surface area contributed by atoms with Gasteiger partial charge in [0, 0.05) is 6.54 Å². The Kier molecular flexibility index (Phi) is 3.79. The molecule has 0 radical (unpaired) electrons. The molecule has 0 atom stereocenters. The predicted molar refractivity (Wildman–Crippen MR) is 71.3 cm³/mol. The molecular formula is C12H14N2O2S2. The van der Waals surface area contributed by atoms with Crippen molar-refractivity contribution in [3.8, 4) is 0 Å². The molecule has 0 aliphatic carbocycles. The quantitative estimate of drug-likeness (QED) is 0.931. The lowest BCUT2D eigenvalue weighted by Crippen LogP contribution is -2.03. The zero-order chi connectivity index (χ0) is 13.2. The van der Waals surface area contributed by atoms with Crippen LogP contribution in [0.1, 0.15) is 17.5 Å². The van der Waals surface area contributed by atoms with Crippen molar-refractivity contribution in [3.63, 3.8) is 0 Å². The van der Waals surface area contributed by atoms with Crippen molar-refractivity contribution in [1.29, 1.82) is 0 Å². The lowest BCUT2D eigenvalue weighted by molar-refractivity contribution is 0.597. The highest BCUT2D eigenvalue weighted by atomic mass is 32.2. The summed E-state index contributed by atoms with van der Waals surface area (Å²) in [6.45, 7) is 2.20. The van der Waals surface area contributed by atoms with E-state index in [2.05, 4.69) is 4.98 Å². The third-order valence-electron chi connectivity index (χ3n) is 2.61. The second-order valence-electron chi connectivity index (χ2n) is 3.74. The Morgan fingerprint density at radius 1 is 1.33 bits per heavy atom. The molecule has 1 aromatic heterocycles. The van der Waals surface area contributed by atoms with Gasteiger partial charge in [0.25, 0.3) is 0 Å². The zero-order valence-corrected chi connectivity index (χ0v) is 11.6. The van der Waals surface area contributed by atoms with Gasteiger partial charge < -0.3 is 5.73 Å². The Bertz CT molecular complexity index is 648. The van der Waals surface area contributed by atoms with Crippen molar-refractivity contribution in [2.24, 2.45) is 5.73 Å². The van der Waals surface area contributed by atoms with Crippen LogP contribution in [0.25, 0.3) is 0 Å². The summed E-state index contributed by atoms with van der Waals surface area (Å²) in [5, 5.41) is 0.627. The van der Waals surface area contributed by atoms with E-state index in [0.717, 1.165) is 16.9 Å². The van der Waals surface area contributed by atoms with Crippen molar-refractivity contribution >= 4 is 21.2 Å². The number of nitrogens with two attached hydrogens (primary N) is 1. The third kappa shape index (κ3) is 2.31. The van der Waals surface area contributed by atoms with Crippen molar-refractivity contribution in [1.82, 2.24) is 4.98 Å². The maximum Gasteiger partial charge on any atom is 0.217 e. The Morgan fingerprint density at radius 2 is 2.06 bits per heavy atom. The third-order valence-corrected chi connectivity index (χ3v) is 5.95. The molecule has 0 aliphatic rings. The fourth-order valence-corrected chi connectivity index (χ4v) is 4.43. The maximum absolute atomic E-state index is 12.5. The summed E-state index contributed by atoms with van der Waals surface area (Å²) in [5.41, 5.74) is 6.27. The van der Waals surface area contributed by atoms with E-state index in [1.807, 2.05) is 19.1 Å². The van der Waals surface area contributed by atoms with Crippen molar-refractivity contribution in [2.75, 3.05) is 0 Å². The van der Waals surface area contributed by atoms with E-state index in [1.54, 1.807) is 12.1 Å². The topological polar surface area (TPSA) is 73.0 Å². The van der Waals surface area contributed by atoms with Gasteiger partial charge in [0.2, 0.25) is 9.84 Å². The Morgan fingerprint density at radius 3 is 2.67 bits per heavy atom. The summed E-state index contributed by atoms with van der Waals surface area (Å²) in [6.07, 6.45) is 2.06. The number of aryl methyl sites for hydroxylation is 1. The summed E-state index contributed by atoms with van der Waals surface area (Å²) < 4.78 is 25.2. The first-order chi connectivity index (χ1) is 8.59. The van der Waals surface area contributed by atoms with E-state index in [9.17, 15) is 8.42 Å². The molecule has 0 saturated heterocycles. The van der Waals surface area contributed by atoms with Crippen LogP contribution in [0.15, 0.2) is 39.6 Å². The molecule has 0 unspecified atom stereocenters. The number of rotatable bonds is 4. The van der Waals surface area contributed by atoms with Crippen LogP contribution >= 0.6 is 11.3 Å². The van der Waals surface area contributed by atoms with Crippen molar-refractivity contribution in [2.45, 2.75) is 29.0 Å². The standard InChI is InChI=1S/C12H14N2O2S2/c1-2-9-5-3-4-6-10(9)18(15,16)12-8-14-11(7-13)17-12/h3-6,8H,2,7,13H2,1H3. The lowest BCUT2D eigenvalue weighted by atomic mass is 10.2. The molecule has 0 fully saturated rings. The van der Waals surface area contributed by atoms with Crippen molar-refractivity contribution < 1.29 is 8.42 Å². The molecule has 0 bridgehead atoms. The molecule has 0 aliphatic heterocycles. The summed E-state index contributed by atoms with van der Waals surface area (Å²) >= 11 is 1.13. The van der Waals surface area contributed by atoms with Gasteiger partial charge in [-0.1, -0.05) is 25.1 Å². The average Bonchev–Trinajstić information content (AvgIpc) is 2.88. The van der Waals surface area contributed by atoms with Gasteiger partial charge in [-0.05, 0) is 18.1 Å². The molecule has 0 spiro atoms. The molecule has 1 heterocycles. The fraction of sp³-hybridized carbons (Fsp3) is 0.250. The first kappa shape index (κ1) is 13.2. The molecule has 2 N–H and O–H groups in total. The van der Waals surface area contributed by atoms with Crippen LogP contribution in [0.3, 0.4) is 0 Å². The number of hydrogen-bond acceptors (Lipinski definition) is 5. The van der Waals surface area contributed by atoms with Crippen LogP contribution in [-0.4, -0.2) is 13.4 Å². The number of sulfone groups is 1. The first-order valence-corrected chi connectivity index (χ1v) is 7.87. The fourth-order valence-electron chi connectivity index (χ4n) is 1.68. The van der Waals surface area contributed by atoms with Crippen LogP contribution in [-0.2, 0) is 22.8 Å². The molecule has 2 rings (SSSR count). The van der Waals surface area contributed by atoms with Gasteiger partial charge in [-0.15, -0.1) is 11.3 Å². The van der Waals surface area contributed by atoms with Crippen molar-refractivity contribution in [3.05, 3.63) is 41.0 Å². The van der Waals surface area contributed by atoms with Crippen LogP contribution in [0, 0.1) is 0 Å². The van der Waals surface area contributed by atoms with Gasteiger partial charge in [-0.25, -0.2) is 13.4 Å². The number of thiazole rings is 1. The van der Waals surface area contributed by atoms with Gasteiger partial charge in [0.15, 0.2) is 0 Å². The van der Waals surface area contributed by atoms with Gasteiger partial charge in [-0.3, -0.25) is 0 Å². The van der Waals surface area contributed by atoms with Crippen LogP contribution < -0.4 is 5.73 Å². The van der Waals surface area contributed by atoms with E-state index >= 15 is 0 Å². The SMILES string of the molecule is CCc1ccccc1S(=O)(=O)c1cnc(CN)s1. The minimum Gasteiger partial charge on any atom is -0.325 e. The van der Waals surface area contributed by atoms with Crippen LogP contribution in [0.2, 0.25) is 0 Å². The smallest absolute Gasteiger partial charge is 0.217 e. The summed E-state index contributed by atoms with van der Waals surface area (Å²) in [5.74, 6) is 0. The van der Waals surface area contributed by atoms with E-state index in [-0.39, 0.29) is 10.8 Å². The van der Waals surface area contributed by atoms with Gasteiger partial charge in [0.05, 0.1) is 11.1 Å². The number of aromatic nitrogens is 1. The largest absolute Gasteiger partial charge is 0.325 e. The van der Waals surface area contributed by atoms with E-state index in [0.29, 0.717) is 16.3 Å². The normalized spacial score (nSPS) is 11.7. The number of hydrogen-bond donors (Lipinski definition) is 1. The van der Waals surface area contributed by atoms with Gasteiger partial charge in [0.1, 0.15) is 9.22 Å². The van der Waals surface area contributed by atoms with Crippen LogP contribution in [0.5, 0.6) is 0 Å². The summed E-state index contributed by atoms with van der Waals surface area (Å²) in [7, 11) is -3.47. The second kappa shape index (κ2) is 5.17. The molecule has 96 valence electrons. The molecule has 18 heavy (non-hydrogen) atoms. The van der Waals surface area contributed by atoms with E-state index < -0.39 is 9.84 Å². The molecule has 1 aromatic carbocycles. The Labute approximate surface area is 110 Å². The second-order valence-corrected chi connectivity index (χ2v) is 7.00. The molecule has 0 saturated carbocycles. The van der Waals surface area contributed by atoms with Gasteiger partial charge >= 0.3 is 0 Å². The number of nitrogens with zero attached hydrogens (tertiary/aromatic N) is 1. The molecule has 4 nitrogen and oxygen atoms in total. The highest BCUT2D eigenvalue weighted by Crippen LogP contribution is 2.28. The first-order valence-electron chi connectivity index (χ1n) is 5.57. The predicted octanol–water partition coefficient (Wildman–Crippen LogP) is 2.00.